The lowest BCUT2D eigenvalue weighted by molar-refractivity contribution is -0.165. The smallest absolute Gasteiger partial charge is 0.329 e. The molecule has 83 heavy (non-hydrogen) atoms. The van der Waals surface area contributed by atoms with E-state index >= 15 is 4.79 Å². The normalized spacial score (nSPS) is 26.2. The number of hydrogen-bond acceptors (Lipinski definition) is 15. The second-order valence-electron chi connectivity index (χ2n) is 22.0. The number of aromatic hydroxyl groups is 1. The number of nitrogens with one attached hydrogen (secondary N) is 5. The fraction of sp³-hybridized carbons (Fsp3) is 0.576. The van der Waals surface area contributed by atoms with E-state index in [1.807, 2.05) is 13.8 Å². The van der Waals surface area contributed by atoms with Crippen molar-refractivity contribution in [3.8, 4) is 5.75 Å². The minimum atomic E-state index is -1.94. The van der Waals surface area contributed by atoms with Crippen molar-refractivity contribution in [3.63, 3.8) is 0 Å². The van der Waals surface area contributed by atoms with Crippen LogP contribution >= 0.6 is 0 Å². The Morgan fingerprint density at radius 3 is 1.96 bits per heavy atom. The number of likely N-dealkylation sites (tertiary alicyclic amines) is 2. The molecule has 452 valence electrons. The molecule has 6 rings (SSSR count). The maximum absolute atomic E-state index is 15.1. The Hall–Kier alpha value is -7.89. The lowest BCUT2D eigenvalue weighted by Crippen LogP contribution is -2.64. The number of likely N-dealkylation sites (N-methyl/N-ethyl adjacent to an activating group) is 1. The van der Waals surface area contributed by atoms with Gasteiger partial charge >= 0.3 is 11.9 Å². The van der Waals surface area contributed by atoms with Gasteiger partial charge in [0.15, 0.2) is 0 Å². The van der Waals surface area contributed by atoms with Crippen LogP contribution < -0.4 is 26.6 Å². The molecule has 4 aliphatic heterocycles. The highest BCUT2D eigenvalue weighted by molar-refractivity contribution is 6.03. The van der Waals surface area contributed by atoms with E-state index in [-0.39, 0.29) is 75.5 Å². The lowest BCUT2D eigenvalue weighted by Gasteiger charge is -2.43. The summed E-state index contributed by atoms with van der Waals surface area (Å²) in [6.07, 6.45) is -1.23. The Kier molecular flexibility index (Phi) is 22.8. The fourth-order valence-corrected chi connectivity index (χ4v) is 10.9. The van der Waals surface area contributed by atoms with E-state index in [1.165, 1.54) is 68.0 Å². The number of cyclic esters (lactones) is 1. The molecule has 7 N–H and O–H groups in total. The Balaban J connectivity index is 1.40. The van der Waals surface area contributed by atoms with Crippen LogP contribution in [0, 0.1) is 5.92 Å². The summed E-state index contributed by atoms with van der Waals surface area (Å²) in [6.45, 7) is 11.4. The third-order valence-corrected chi connectivity index (χ3v) is 15.6. The number of ether oxygens (including phenoxy) is 2. The van der Waals surface area contributed by atoms with Crippen molar-refractivity contribution in [1.82, 2.24) is 46.2 Å². The second kappa shape index (κ2) is 29.4. The first kappa shape index (κ1) is 64.3. The number of benzene rings is 2. The van der Waals surface area contributed by atoms with Crippen LogP contribution in [0.3, 0.4) is 0 Å². The summed E-state index contributed by atoms with van der Waals surface area (Å²) in [5.74, 6) is -9.90. The molecule has 4 fully saturated rings. The number of aliphatic hydroxyl groups excluding tert-OH is 1. The predicted octanol–water partition coefficient (Wildman–Crippen LogP) is 1.39. The van der Waals surface area contributed by atoms with E-state index < -0.39 is 132 Å². The molecule has 11 atom stereocenters. The van der Waals surface area contributed by atoms with Gasteiger partial charge in [-0.05, 0) is 101 Å². The zero-order valence-corrected chi connectivity index (χ0v) is 48.6. The molecular formula is C59H81N9O15. The molecule has 0 saturated carbocycles. The molecule has 0 spiro atoms. The van der Waals surface area contributed by atoms with E-state index in [1.54, 1.807) is 44.2 Å². The quantitative estimate of drug-likeness (QED) is 0.0923. The van der Waals surface area contributed by atoms with Crippen LogP contribution in [0.15, 0.2) is 66.4 Å². The molecule has 24 heteroatoms. The highest BCUT2D eigenvalue weighted by Crippen LogP contribution is 2.27. The van der Waals surface area contributed by atoms with Gasteiger partial charge in [-0.2, -0.15) is 0 Å². The SMILES string of the molecule is C/C=C1\NC(=O)[C@@H](NC(=O)[C@@H](NC(=O)C2CCCN2C(=O)CCC)[C@@H](C)OC(=O)C2CCCN2C(=O)CCC)[C@H](C)OC(=O)[C@@H](C(C)C)NC(=O)[C@@H](Cc2ccc(O)cc2)N(C)C(=O)[C@@H](Cc2ccccc2)N2C(=O)[C@H](CC[C@H]2O)NC1=O. The van der Waals surface area contributed by atoms with Gasteiger partial charge in [-0.15, -0.1) is 0 Å². The number of esters is 2. The molecule has 0 radical (unpaired) electrons. The zero-order valence-electron chi connectivity index (χ0n) is 48.6. The monoisotopic (exact) mass is 1160 g/mol. The number of carbonyl (C=O) groups excluding carboxylic acids is 11. The second-order valence-corrected chi connectivity index (χ2v) is 22.0. The van der Waals surface area contributed by atoms with Crippen molar-refractivity contribution in [2.24, 2.45) is 5.92 Å². The maximum Gasteiger partial charge on any atom is 0.329 e. The van der Waals surface area contributed by atoms with Gasteiger partial charge in [0.25, 0.3) is 11.8 Å². The number of aliphatic hydroxyl groups is 1. The zero-order chi connectivity index (χ0) is 60.8. The average molecular weight is 1160 g/mol. The van der Waals surface area contributed by atoms with E-state index in [2.05, 4.69) is 26.6 Å². The lowest BCUT2D eigenvalue weighted by atomic mass is 9.95. The fourth-order valence-electron chi connectivity index (χ4n) is 10.9. The van der Waals surface area contributed by atoms with Crippen molar-refractivity contribution >= 4 is 65.1 Å². The summed E-state index contributed by atoms with van der Waals surface area (Å²) in [6, 6.07) is 2.94. The van der Waals surface area contributed by atoms with E-state index in [0.717, 1.165) is 9.80 Å². The van der Waals surface area contributed by atoms with E-state index in [4.69, 9.17) is 9.47 Å². The Morgan fingerprint density at radius 1 is 0.771 bits per heavy atom. The van der Waals surface area contributed by atoms with Crippen LogP contribution in [0.5, 0.6) is 5.75 Å². The number of hydrogen-bond donors (Lipinski definition) is 7. The minimum absolute atomic E-state index is 0.0758. The molecule has 4 saturated heterocycles. The number of allylic oxidation sites excluding steroid dienone is 1. The molecule has 4 aliphatic rings. The van der Waals surface area contributed by atoms with Crippen molar-refractivity contribution in [2.45, 2.75) is 192 Å². The number of amides is 9. The first-order valence-electron chi connectivity index (χ1n) is 28.8. The van der Waals surface area contributed by atoms with Gasteiger partial charge in [0, 0.05) is 45.8 Å². The molecule has 0 aliphatic carbocycles. The number of fused-ring (bicyclic) bond motifs is 2. The van der Waals surface area contributed by atoms with Crippen LogP contribution in [0.1, 0.15) is 124 Å². The Bertz CT molecular complexity index is 2740. The minimum Gasteiger partial charge on any atom is -0.508 e. The van der Waals surface area contributed by atoms with Crippen LogP contribution in [-0.4, -0.2) is 182 Å². The molecule has 4 heterocycles. The standard InChI is InChI=1S/C59H81N9O15/c1-9-17-45(70)66-29-15-21-41(66)52(74)63-50(34(6)82-58(80)42-22-16-30-67(42)46(71)18-10-2)55(77)64-49-35(7)83-59(81)48(33(4)5)62-53(75)43(31-37-23-25-38(69)26-24-37)65(8)57(79)44(32-36-19-13-12-14-20-36)68-47(72)28-27-40(56(68)78)61-51(73)39(11-3)60-54(49)76/h11-14,19-20,23-26,33-35,40-44,47-50,69,72H,9-10,15-18,21-22,27-32H2,1-8H3,(H,60,76)(H,61,73)(H,62,75)(H,63,74)(H,64,77)/b39-11-/t34-,35+,40+,41?,42?,43-,44-,47-,48-,49+,50+/m1/s1. The van der Waals surface area contributed by atoms with Crippen LogP contribution in [-0.2, 0) is 75.1 Å². The van der Waals surface area contributed by atoms with Crippen molar-refractivity contribution < 1.29 is 72.4 Å². The summed E-state index contributed by atoms with van der Waals surface area (Å²) in [4.78, 5) is 163. The van der Waals surface area contributed by atoms with Crippen LogP contribution in [0.25, 0.3) is 0 Å². The summed E-state index contributed by atoms with van der Waals surface area (Å²) in [5.41, 5.74) is 0.618. The van der Waals surface area contributed by atoms with Gasteiger partial charge in [0.1, 0.15) is 78.2 Å². The van der Waals surface area contributed by atoms with Crippen molar-refractivity contribution in [2.75, 3.05) is 20.1 Å². The van der Waals surface area contributed by atoms with Gasteiger partial charge in [0.05, 0.1) is 0 Å². The van der Waals surface area contributed by atoms with E-state index in [9.17, 15) is 58.2 Å². The first-order chi connectivity index (χ1) is 39.5. The largest absolute Gasteiger partial charge is 0.508 e. The summed E-state index contributed by atoms with van der Waals surface area (Å²) in [7, 11) is 1.34. The summed E-state index contributed by atoms with van der Waals surface area (Å²) >= 11 is 0. The van der Waals surface area contributed by atoms with Gasteiger partial charge in [-0.3, -0.25) is 43.2 Å². The number of carbonyl (C=O) groups is 11. The van der Waals surface area contributed by atoms with Crippen LogP contribution in [0.4, 0.5) is 0 Å². The molecule has 2 aromatic carbocycles. The summed E-state index contributed by atoms with van der Waals surface area (Å²) in [5, 5.41) is 34.7. The molecule has 2 unspecified atom stereocenters. The number of nitrogens with zero attached hydrogens (tertiary/aromatic N) is 4. The average Bonchev–Trinajstić information content (AvgIpc) is 4.34. The molecule has 2 aromatic rings. The van der Waals surface area contributed by atoms with E-state index in [0.29, 0.717) is 43.4 Å². The topological polar surface area (TPSA) is 320 Å². The van der Waals surface area contributed by atoms with Gasteiger partial charge in [-0.25, -0.2) is 9.59 Å². The number of rotatable bonds is 16. The van der Waals surface area contributed by atoms with Crippen LogP contribution in [0.2, 0.25) is 0 Å². The Labute approximate surface area is 483 Å². The van der Waals surface area contributed by atoms with Crippen molar-refractivity contribution in [1.29, 1.82) is 0 Å². The van der Waals surface area contributed by atoms with Crippen molar-refractivity contribution in [3.05, 3.63) is 77.5 Å². The summed E-state index contributed by atoms with van der Waals surface area (Å²) < 4.78 is 11.8. The molecule has 2 bridgehead atoms. The number of piperidine rings is 1. The molecule has 0 aromatic heterocycles. The molecular weight excluding hydrogens is 1070 g/mol. The highest BCUT2D eigenvalue weighted by Gasteiger charge is 2.47. The third-order valence-electron chi connectivity index (χ3n) is 15.6. The maximum atomic E-state index is 15.1. The number of phenols is 1. The van der Waals surface area contributed by atoms with Gasteiger partial charge in [0.2, 0.25) is 41.4 Å². The molecule has 9 amide bonds. The first-order valence-corrected chi connectivity index (χ1v) is 28.8. The Morgan fingerprint density at radius 2 is 1.36 bits per heavy atom. The highest BCUT2D eigenvalue weighted by atomic mass is 16.6. The van der Waals surface area contributed by atoms with Gasteiger partial charge < -0.3 is 65.9 Å². The number of phenolic OH excluding ortho intramolecular Hbond substituents is 1. The molecule has 24 nitrogen and oxygen atoms in total. The van der Waals surface area contributed by atoms with Gasteiger partial charge in [-0.1, -0.05) is 76.2 Å². The third kappa shape index (κ3) is 16.0. The predicted molar refractivity (Wildman–Crippen MR) is 299 cm³/mol.